The summed E-state index contributed by atoms with van der Waals surface area (Å²) in [6.07, 6.45) is 6.56. The van der Waals surface area contributed by atoms with Crippen LogP contribution >= 0.6 is 0 Å². The molecule has 0 saturated carbocycles. The topological polar surface area (TPSA) is 33.1 Å². The molecule has 4 heteroatoms. The molecule has 16 heavy (non-hydrogen) atoms. The van der Waals surface area contributed by atoms with Crippen LogP contribution in [0.1, 0.15) is 18.7 Å². The summed E-state index contributed by atoms with van der Waals surface area (Å²) in [7, 11) is 2.23. The molecule has 0 spiro atoms. The van der Waals surface area contributed by atoms with Gasteiger partial charge in [0.25, 0.3) is 0 Å². The highest BCUT2D eigenvalue weighted by molar-refractivity contribution is 4.88. The fraction of sp³-hybridized carbons (Fsp3) is 0.750. The Morgan fingerprint density at radius 2 is 2.50 bits per heavy atom. The van der Waals surface area contributed by atoms with E-state index in [1.165, 1.54) is 19.4 Å². The van der Waals surface area contributed by atoms with Crippen molar-refractivity contribution in [2.24, 2.45) is 0 Å². The first-order valence-electron chi connectivity index (χ1n) is 6.16. The van der Waals surface area contributed by atoms with Crippen molar-refractivity contribution in [1.29, 1.82) is 0 Å². The standard InChI is InChI=1S/C12H22N4/c1-11-14-6-7-16(11)9-8-15(2)12-4-3-5-13-10-12/h6-7,12-13H,3-5,8-10H2,1-2H3. The predicted octanol–water partition coefficient (Wildman–Crippen LogP) is 0.875. The van der Waals surface area contributed by atoms with Gasteiger partial charge in [0.15, 0.2) is 0 Å². The van der Waals surface area contributed by atoms with Crippen LogP contribution in [0.25, 0.3) is 0 Å². The molecule has 1 aromatic heterocycles. The number of hydrogen-bond donors (Lipinski definition) is 1. The lowest BCUT2D eigenvalue weighted by atomic mass is 10.1. The van der Waals surface area contributed by atoms with E-state index in [9.17, 15) is 0 Å². The molecule has 1 aliphatic rings. The highest BCUT2D eigenvalue weighted by atomic mass is 15.2. The van der Waals surface area contributed by atoms with E-state index in [1.54, 1.807) is 0 Å². The van der Waals surface area contributed by atoms with Gasteiger partial charge in [0.05, 0.1) is 0 Å². The molecule has 1 saturated heterocycles. The first kappa shape index (κ1) is 11.6. The third kappa shape index (κ3) is 2.83. The summed E-state index contributed by atoms with van der Waals surface area (Å²) in [5.74, 6) is 1.11. The Morgan fingerprint density at radius 3 is 3.12 bits per heavy atom. The van der Waals surface area contributed by atoms with Gasteiger partial charge in [-0.3, -0.25) is 0 Å². The third-order valence-electron chi connectivity index (χ3n) is 3.51. The predicted molar refractivity (Wildman–Crippen MR) is 65.5 cm³/mol. The van der Waals surface area contributed by atoms with Crippen LogP contribution in [0.15, 0.2) is 12.4 Å². The Bertz CT molecular complexity index is 315. The molecule has 1 fully saturated rings. The van der Waals surface area contributed by atoms with Crippen LogP contribution in [0, 0.1) is 6.92 Å². The SMILES string of the molecule is Cc1nccn1CCN(C)C1CCCNC1. The van der Waals surface area contributed by atoms with Crippen molar-refractivity contribution >= 4 is 0 Å². The molecule has 1 unspecified atom stereocenters. The average molecular weight is 222 g/mol. The van der Waals surface area contributed by atoms with E-state index < -0.39 is 0 Å². The number of aromatic nitrogens is 2. The number of aryl methyl sites for hydroxylation is 1. The van der Waals surface area contributed by atoms with E-state index in [4.69, 9.17) is 0 Å². The van der Waals surface area contributed by atoms with Crippen molar-refractivity contribution in [3.8, 4) is 0 Å². The Morgan fingerprint density at radius 1 is 1.62 bits per heavy atom. The number of nitrogens with one attached hydrogen (secondary N) is 1. The highest BCUT2D eigenvalue weighted by Crippen LogP contribution is 2.08. The Kier molecular flexibility index (Phi) is 3.96. The quantitative estimate of drug-likeness (QED) is 0.821. The lowest BCUT2D eigenvalue weighted by Crippen LogP contribution is -2.45. The Hall–Kier alpha value is -0.870. The van der Waals surface area contributed by atoms with E-state index in [-0.39, 0.29) is 0 Å². The Balaban J connectivity index is 1.78. The normalized spacial score (nSPS) is 21.6. The monoisotopic (exact) mass is 222 g/mol. The molecule has 90 valence electrons. The first-order valence-corrected chi connectivity index (χ1v) is 6.16. The minimum absolute atomic E-state index is 0.706. The van der Waals surface area contributed by atoms with Crippen LogP contribution in [-0.2, 0) is 6.54 Å². The smallest absolute Gasteiger partial charge is 0.105 e. The van der Waals surface area contributed by atoms with Gasteiger partial charge in [-0.1, -0.05) is 0 Å². The molecule has 1 atom stereocenters. The molecule has 1 aliphatic heterocycles. The zero-order chi connectivity index (χ0) is 11.4. The van der Waals surface area contributed by atoms with E-state index >= 15 is 0 Å². The second-order valence-corrected chi connectivity index (χ2v) is 4.65. The van der Waals surface area contributed by atoms with E-state index in [0.717, 1.165) is 25.5 Å². The number of imidazole rings is 1. The van der Waals surface area contributed by atoms with Gasteiger partial charge in [0.1, 0.15) is 5.82 Å². The summed E-state index contributed by atoms with van der Waals surface area (Å²) in [4.78, 5) is 6.70. The molecule has 0 radical (unpaired) electrons. The average Bonchev–Trinajstić information content (AvgIpc) is 2.73. The van der Waals surface area contributed by atoms with Gasteiger partial charge >= 0.3 is 0 Å². The van der Waals surface area contributed by atoms with Gasteiger partial charge < -0.3 is 14.8 Å². The number of likely N-dealkylation sites (N-methyl/N-ethyl adjacent to an activating group) is 1. The number of hydrogen-bond acceptors (Lipinski definition) is 3. The van der Waals surface area contributed by atoms with Gasteiger partial charge in [-0.05, 0) is 33.4 Å². The summed E-state index contributed by atoms with van der Waals surface area (Å²) in [5.41, 5.74) is 0. The van der Waals surface area contributed by atoms with E-state index in [2.05, 4.69) is 39.9 Å². The van der Waals surface area contributed by atoms with Gasteiger partial charge in [-0.25, -0.2) is 4.98 Å². The fourth-order valence-corrected chi connectivity index (χ4v) is 2.30. The first-order chi connectivity index (χ1) is 7.77. The summed E-state index contributed by atoms with van der Waals surface area (Å²) in [5, 5.41) is 3.46. The molecular weight excluding hydrogens is 200 g/mol. The van der Waals surface area contributed by atoms with Crippen molar-refractivity contribution in [1.82, 2.24) is 19.8 Å². The highest BCUT2D eigenvalue weighted by Gasteiger charge is 2.17. The van der Waals surface area contributed by atoms with E-state index in [1.807, 2.05) is 6.20 Å². The molecule has 2 heterocycles. The van der Waals surface area contributed by atoms with E-state index in [0.29, 0.717) is 6.04 Å². The fourth-order valence-electron chi connectivity index (χ4n) is 2.30. The lowest BCUT2D eigenvalue weighted by Gasteiger charge is -2.31. The Labute approximate surface area is 97.7 Å². The van der Waals surface area contributed by atoms with Crippen LogP contribution < -0.4 is 5.32 Å². The van der Waals surface area contributed by atoms with Gasteiger partial charge in [-0.15, -0.1) is 0 Å². The summed E-state index contributed by atoms with van der Waals surface area (Å²) in [6, 6.07) is 0.706. The van der Waals surface area contributed by atoms with Gasteiger partial charge in [0.2, 0.25) is 0 Å². The summed E-state index contributed by atoms with van der Waals surface area (Å²) in [6.45, 7) is 6.52. The van der Waals surface area contributed by atoms with Crippen molar-refractivity contribution < 1.29 is 0 Å². The number of nitrogens with zero attached hydrogens (tertiary/aromatic N) is 3. The largest absolute Gasteiger partial charge is 0.334 e. The molecule has 0 aliphatic carbocycles. The zero-order valence-electron chi connectivity index (χ0n) is 10.3. The molecule has 1 N–H and O–H groups in total. The maximum Gasteiger partial charge on any atom is 0.105 e. The van der Waals surface area contributed by atoms with Crippen LogP contribution in [0.3, 0.4) is 0 Å². The van der Waals surface area contributed by atoms with Crippen LogP contribution in [-0.4, -0.2) is 47.2 Å². The maximum atomic E-state index is 4.24. The molecule has 0 aromatic carbocycles. The zero-order valence-corrected chi connectivity index (χ0v) is 10.3. The number of rotatable bonds is 4. The lowest BCUT2D eigenvalue weighted by molar-refractivity contribution is 0.196. The van der Waals surface area contributed by atoms with Gasteiger partial charge in [-0.2, -0.15) is 0 Å². The van der Waals surface area contributed by atoms with Crippen molar-refractivity contribution in [2.45, 2.75) is 32.4 Å². The maximum absolute atomic E-state index is 4.24. The second-order valence-electron chi connectivity index (χ2n) is 4.65. The molecule has 2 rings (SSSR count). The van der Waals surface area contributed by atoms with Gasteiger partial charge in [0, 0.05) is 38.1 Å². The summed E-state index contributed by atoms with van der Waals surface area (Å²) >= 11 is 0. The molecule has 0 amide bonds. The second kappa shape index (κ2) is 5.46. The van der Waals surface area contributed by atoms with Crippen molar-refractivity contribution in [3.63, 3.8) is 0 Å². The molecule has 1 aromatic rings. The minimum Gasteiger partial charge on any atom is -0.334 e. The number of piperidine rings is 1. The summed E-state index contributed by atoms with van der Waals surface area (Å²) < 4.78 is 2.22. The minimum atomic E-state index is 0.706. The van der Waals surface area contributed by atoms with Crippen LogP contribution in [0.2, 0.25) is 0 Å². The molecule has 0 bridgehead atoms. The van der Waals surface area contributed by atoms with Crippen LogP contribution in [0.4, 0.5) is 0 Å². The van der Waals surface area contributed by atoms with Crippen molar-refractivity contribution in [3.05, 3.63) is 18.2 Å². The van der Waals surface area contributed by atoms with Crippen LogP contribution in [0.5, 0.6) is 0 Å². The molecular formula is C12H22N4. The third-order valence-corrected chi connectivity index (χ3v) is 3.51. The molecule has 4 nitrogen and oxygen atoms in total. The van der Waals surface area contributed by atoms with Crippen molar-refractivity contribution in [2.75, 3.05) is 26.7 Å².